The number of halogens is 3. The van der Waals surface area contributed by atoms with Crippen LogP contribution in [0.1, 0.15) is 20.3 Å². The summed E-state index contributed by atoms with van der Waals surface area (Å²) in [7, 11) is -4.12. The summed E-state index contributed by atoms with van der Waals surface area (Å²) in [5.74, 6) is -1.25. The molecule has 0 fully saturated rings. The van der Waals surface area contributed by atoms with Gasteiger partial charge in [-0.3, -0.25) is 4.79 Å². The van der Waals surface area contributed by atoms with Crippen molar-refractivity contribution >= 4 is 55.1 Å². The average Bonchev–Trinajstić information content (AvgIpc) is 2.32. The topological polar surface area (TPSA) is 74.7 Å². The molecule has 0 aliphatic carbocycles. The Balaban J connectivity index is 3.46. The van der Waals surface area contributed by atoms with Gasteiger partial charge in [-0.15, -0.1) is 0 Å². The van der Waals surface area contributed by atoms with Crippen LogP contribution in [0.15, 0.2) is 21.5 Å². The highest BCUT2D eigenvalue weighted by atomic mass is 79.9. The van der Waals surface area contributed by atoms with Crippen LogP contribution in [0.4, 0.5) is 0 Å². The fourth-order valence-electron chi connectivity index (χ4n) is 1.71. The van der Waals surface area contributed by atoms with E-state index in [1.54, 1.807) is 13.8 Å². The van der Waals surface area contributed by atoms with Crippen LogP contribution in [0.5, 0.6) is 0 Å². The predicted molar refractivity (Wildman–Crippen MR) is 85.4 cm³/mol. The number of rotatable bonds is 6. The van der Waals surface area contributed by atoms with E-state index in [9.17, 15) is 13.2 Å². The molecule has 1 aromatic carbocycles. The lowest BCUT2D eigenvalue weighted by Crippen LogP contribution is -2.41. The van der Waals surface area contributed by atoms with E-state index >= 15 is 0 Å². The van der Waals surface area contributed by atoms with Gasteiger partial charge in [-0.1, -0.05) is 46.1 Å². The highest BCUT2D eigenvalue weighted by Crippen LogP contribution is 2.35. The molecule has 0 aliphatic rings. The van der Waals surface area contributed by atoms with Gasteiger partial charge in [-0.05, 0) is 25.5 Å². The first kappa shape index (κ1) is 18.7. The van der Waals surface area contributed by atoms with E-state index in [1.165, 1.54) is 12.1 Å². The first-order chi connectivity index (χ1) is 9.61. The predicted octanol–water partition coefficient (Wildman–Crippen LogP) is 3.63. The number of nitrogens with zero attached hydrogens (tertiary/aromatic N) is 1. The number of aliphatic carboxylic acids is 1. The molecule has 1 atom stereocenters. The SMILES string of the molecule is CCC(C)N(CC(=O)O)S(=O)(=O)c1c(Cl)cc(Br)cc1Cl. The van der Waals surface area contributed by atoms with Gasteiger partial charge >= 0.3 is 5.97 Å². The number of hydrogen-bond donors (Lipinski definition) is 1. The maximum absolute atomic E-state index is 12.7. The van der Waals surface area contributed by atoms with Gasteiger partial charge in [0.25, 0.3) is 0 Å². The lowest BCUT2D eigenvalue weighted by Gasteiger charge is -2.26. The van der Waals surface area contributed by atoms with Crippen molar-refractivity contribution in [2.75, 3.05) is 6.54 Å². The van der Waals surface area contributed by atoms with E-state index in [2.05, 4.69) is 15.9 Å². The van der Waals surface area contributed by atoms with Gasteiger partial charge in [0.15, 0.2) is 0 Å². The van der Waals surface area contributed by atoms with Gasteiger partial charge in [0.1, 0.15) is 11.4 Å². The van der Waals surface area contributed by atoms with Crippen molar-refractivity contribution in [3.05, 3.63) is 26.7 Å². The zero-order valence-electron chi connectivity index (χ0n) is 11.3. The van der Waals surface area contributed by atoms with Crippen molar-refractivity contribution in [2.45, 2.75) is 31.2 Å². The Morgan fingerprint density at radius 2 is 1.86 bits per heavy atom. The van der Waals surface area contributed by atoms with E-state index in [1.807, 2.05) is 0 Å². The van der Waals surface area contributed by atoms with E-state index in [0.717, 1.165) is 4.31 Å². The summed E-state index contributed by atoms with van der Waals surface area (Å²) in [6, 6.07) is 2.30. The van der Waals surface area contributed by atoms with Crippen LogP contribution in [0.25, 0.3) is 0 Å². The summed E-state index contributed by atoms with van der Waals surface area (Å²) >= 11 is 15.1. The Kier molecular flexibility index (Phi) is 6.49. The molecule has 1 unspecified atom stereocenters. The fourth-order valence-corrected chi connectivity index (χ4v) is 5.25. The Morgan fingerprint density at radius 1 is 1.38 bits per heavy atom. The fraction of sp³-hybridized carbons (Fsp3) is 0.417. The summed E-state index contributed by atoms with van der Waals surface area (Å²) in [5.41, 5.74) is 0. The van der Waals surface area contributed by atoms with Gasteiger partial charge in [0, 0.05) is 10.5 Å². The molecule has 0 saturated carbocycles. The second-order valence-corrected chi connectivity index (χ2v) is 7.96. The zero-order chi connectivity index (χ0) is 16.4. The maximum Gasteiger partial charge on any atom is 0.318 e. The number of carboxylic acid groups (broad SMARTS) is 1. The van der Waals surface area contributed by atoms with Gasteiger partial charge in [-0.25, -0.2) is 8.42 Å². The number of sulfonamides is 1. The maximum atomic E-state index is 12.7. The minimum atomic E-state index is -4.12. The highest BCUT2D eigenvalue weighted by molar-refractivity contribution is 9.10. The van der Waals surface area contributed by atoms with Crippen LogP contribution in [0.2, 0.25) is 10.0 Å². The summed E-state index contributed by atoms with van der Waals surface area (Å²) in [5, 5.41) is 8.82. The summed E-state index contributed by atoms with van der Waals surface area (Å²) in [6.45, 7) is 2.74. The lowest BCUT2D eigenvalue weighted by molar-refractivity contribution is -0.137. The largest absolute Gasteiger partial charge is 0.480 e. The van der Waals surface area contributed by atoms with E-state index in [-0.39, 0.29) is 14.9 Å². The summed E-state index contributed by atoms with van der Waals surface area (Å²) < 4.78 is 26.8. The Hall–Kier alpha value is -0.340. The van der Waals surface area contributed by atoms with E-state index in [4.69, 9.17) is 28.3 Å². The molecule has 118 valence electrons. The molecular weight excluding hydrogens is 405 g/mol. The van der Waals surface area contributed by atoms with Crippen molar-refractivity contribution in [1.82, 2.24) is 4.31 Å². The molecule has 0 radical (unpaired) electrons. The first-order valence-electron chi connectivity index (χ1n) is 5.99. The molecule has 0 bridgehead atoms. The van der Waals surface area contributed by atoms with Crippen LogP contribution >= 0.6 is 39.1 Å². The third kappa shape index (κ3) is 4.32. The minimum Gasteiger partial charge on any atom is -0.480 e. The molecule has 9 heteroatoms. The van der Waals surface area contributed by atoms with Gasteiger partial charge in [-0.2, -0.15) is 4.31 Å². The molecule has 0 amide bonds. The molecule has 0 heterocycles. The molecule has 21 heavy (non-hydrogen) atoms. The van der Waals surface area contributed by atoms with Crippen molar-refractivity contribution in [3.63, 3.8) is 0 Å². The quantitative estimate of drug-likeness (QED) is 0.765. The third-order valence-corrected chi connectivity index (χ3v) is 6.24. The monoisotopic (exact) mass is 417 g/mol. The van der Waals surface area contributed by atoms with Crippen LogP contribution < -0.4 is 0 Å². The van der Waals surface area contributed by atoms with Crippen molar-refractivity contribution in [2.24, 2.45) is 0 Å². The first-order valence-corrected chi connectivity index (χ1v) is 8.98. The second kappa shape index (κ2) is 7.28. The highest BCUT2D eigenvalue weighted by Gasteiger charge is 2.33. The van der Waals surface area contributed by atoms with Gasteiger partial charge in [0.05, 0.1) is 10.0 Å². The Labute approximate surface area is 142 Å². The number of carbonyl (C=O) groups is 1. The van der Waals surface area contributed by atoms with Crippen LogP contribution in [-0.4, -0.2) is 36.4 Å². The number of benzene rings is 1. The molecule has 1 rings (SSSR count). The van der Waals surface area contributed by atoms with Gasteiger partial charge < -0.3 is 5.11 Å². The van der Waals surface area contributed by atoms with Crippen LogP contribution in [-0.2, 0) is 14.8 Å². The molecule has 1 N–H and O–H groups in total. The summed E-state index contributed by atoms with van der Waals surface area (Å²) in [6.07, 6.45) is 0.457. The lowest BCUT2D eigenvalue weighted by atomic mass is 10.2. The average molecular weight is 419 g/mol. The molecule has 0 aromatic heterocycles. The molecule has 0 aliphatic heterocycles. The molecule has 5 nitrogen and oxygen atoms in total. The Morgan fingerprint density at radius 3 is 2.24 bits per heavy atom. The van der Waals surface area contributed by atoms with Crippen molar-refractivity contribution < 1.29 is 18.3 Å². The molecule has 0 spiro atoms. The Bertz CT molecular complexity index is 628. The third-order valence-electron chi connectivity index (χ3n) is 2.90. The van der Waals surface area contributed by atoms with Crippen molar-refractivity contribution in [1.29, 1.82) is 0 Å². The second-order valence-electron chi connectivity index (χ2n) is 4.40. The van der Waals surface area contributed by atoms with E-state index in [0.29, 0.717) is 10.9 Å². The zero-order valence-corrected chi connectivity index (χ0v) is 15.2. The molecular formula is C12H14BrCl2NO4S. The smallest absolute Gasteiger partial charge is 0.318 e. The normalized spacial score (nSPS) is 13.4. The number of hydrogen-bond acceptors (Lipinski definition) is 3. The van der Waals surface area contributed by atoms with Crippen LogP contribution in [0.3, 0.4) is 0 Å². The standard InChI is InChI=1S/C12H14BrCl2NO4S/c1-3-7(2)16(6-11(17)18)21(19,20)12-9(14)4-8(13)5-10(12)15/h4-5,7H,3,6H2,1-2H3,(H,17,18). The van der Waals surface area contributed by atoms with Crippen molar-refractivity contribution in [3.8, 4) is 0 Å². The minimum absolute atomic E-state index is 0.0620. The van der Waals surface area contributed by atoms with E-state index < -0.39 is 28.6 Å². The molecule has 0 saturated heterocycles. The molecule has 1 aromatic rings. The van der Waals surface area contributed by atoms with Crippen LogP contribution in [0, 0.1) is 0 Å². The number of carboxylic acids is 1. The summed E-state index contributed by atoms with van der Waals surface area (Å²) in [4.78, 5) is 10.7. The van der Waals surface area contributed by atoms with Gasteiger partial charge in [0.2, 0.25) is 10.0 Å².